The molecule has 112 valence electrons. The van der Waals surface area contributed by atoms with Crippen LogP contribution in [-0.4, -0.2) is 40.2 Å². The highest BCUT2D eigenvalue weighted by atomic mass is 35.5. The number of halogens is 1. The number of sulfonamides is 1. The number of ether oxygens (including phenoxy) is 1. The van der Waals surface area contributed by atoms with E-state index in [0.717, 1.165) is 30.7 Å². The van der Waals surface area contributed by atoms with Crippen LogP contribution in [0.15, 0.2) is 23.2 Å². The van der Waals surface area contributed by atoms with Crippen LogP contribution in [0.5, 0.6) is 5.75 Å². The Morgan fingerprint density at radius 2 is 2.20 bits per heavy atom. The van der Waals surface area contributed by atoms with E-state index in [1.165, 1.54) is 0 Å². The highest BCUT2D eigenvalue weighted by molar-refractivity contribution is 7.92. The van der Waals surface area contributed by atoms with E-state index in [1.807, 2.05) is 6.92 Å². The Hall–Kier alpha value is -1.47. The van der Waals surface area contributed by atoms with Gasteiger partial charge in [-0.25, -0.2) is 8.42 Å². The molecule has 8 heteroatoms. The topological polar surface area (TPSA) is 79.8 Å². The van der Waals surface area contributed by atoms with E-state index in [-0.39, 0.29) is 12.4 Å². The Kier molecular flexibility index (Phi) is 5.64. The van der Waals surface area contributed by atoms with Crippen molar-refractivity contribution in [1.29, 1.82) is 0 Å². The number of benzene rings is 1. The van der Waals surface area contributed by atoms with Crippen molar-refractivity contribution in [3.8, 4) is 5.75 Å². The molecule has 1 aromatic rings. The summed E-state index contributed by atoms with van der Waals surface area (Å²) < 4.78 is 30.6. The van der Waals surface area contributed by atoms with Crippen LogP contribution >= 0.6 is 12.4 Å². The Balaban J connectivity index is 0.00000200. The quantitative estimate of drug-likeness (QED) is 0.854. The van der Waals surface area contributed by atoms with E-state index >= 15 is 0 Å². The average molecular weight is 320 g/mol. The molecule has 0 unspecified atom stereocenters. The molecule has 0 amide bonds. The molecule has 6 nitrogen and oxygen atoms in total. The fourth-order valence-corrected chi connectivity index (χ4v) is 2.39. The average Bonchev–Trinajstić information content (AvgIpc) is 2.81. The first-order valence-electron chi connectivity index (χ1n) is 5.93. The van der Waals surface area contributed by atoms with E-state index in [4.69, 9.17) is 4.74 Å². The summed E-state index contributed by atoms with van der Waals surface area (Å²) >= 11 is 0. The van der Waals surface area contributed by atoms with Crippen LogP contribution in [0.25, 0.3) is 0 Å². The van der Waals surface area contributed by atoms with Crippen LogP contribution in [0.2, 0.25) is 0 Å². The van der Waals surface area contributed by atoms with Crippen molar-refractivity contribution in [1.82, 2.24) is 5.32 Å². The lowest BCUT2D eigenvalue weighted by molar-refractivity contribution is 0.371. The first kappa shape index (κ1) is 16.6. The van der Waals surface area contributed by atoms with Crippen LogP contribution in [0.4, 0.5) is 5.69 Å². The Bertz CT molecular complexity index is 602. The lowest BCUT2D eigenvalue weighted by Gasteiger charge is -2.13. The van der Waals surface area contributed by atoms with Gasteiger partial charge in [0.25, 0.3) is 0 Å². The highest BCUT2D eigenvalue weighted by Crippen LogP contribution is 2.26. The fraction of sp³-hybridized carbons (Fsp3) is 0.417. The predicted molar refractivity (Wildman–Crippen MR) is 82.7 cm³/mol. The first-order chi connectivity index (χ1) is 8.96. The third-order valence-corrected chi connectivity index (χ3v) is 3.28. The summed E-state index contributed by atoms with van der Waals surface area (Å²) in [5.74, 6) is 1.46. The molecule has 0 aliphatic carbocycles. The van der Waals surface area contributed by atoms with Gasteiger partial charge in [0.2, 0.25) is 10.0 Å². The normalized spacial score (nSPS) is 14.0. The molecular formula is C12H18ClN3O3S. The maximum atomic E-state index is 11.3. The number of nitrogens with zero attached hydrogens (tertiary/aromatic N) is 1. The van der Waals surface area contributed by atoms with Crippen molar-refractivity contribution < 1.29 is 13.2 Å². The van der Waals surface area contributed by atoms with Crippen LogP contribution in [0.1, 0.15) is 5.56 Å². The van der Waals surface area contributed by atoms with Crippen molar-refractivity contribution in [3.05, 3.63) is 23.8 Å². The fourth-order valence-electron chi connectivity index (χ4n) is 1.77. The maximum absolute atomic E-state index is 11.3. The van der Waals surface area contributed by atoms with Crippen molar-refractivity contribution >= 4 is 34.0 Å². The van der Waals surface area contributed by atoms with E-state index in [9.17, 15) is 8.42 Å². The van der Waals surface area contributed by atoms with Gasteiger partial charge >= 0.3 is 0 Å². The zero-order valence-corrected chi connectivity index (χ0v) is 13.0. The van der Waals surface area contributed by atoms with E-state index in [0.29, 0.717) is 18.0 Å². The molecule has 0 radical (unpaired) electrons. The summed E-state index contributed by atoms with van der Waals surface area (Å²) in [5, 5.41) is 3.11. The SMILES string of the molecule is Cc1c(NS(C)(=O)=O)cccc1OCC1=NCCN1.Cl. The minimum atomic E-state index is -3.29. The predicted octanol–water partition coefficient (Wildman–Crippen LogP) is 1.17. The zero-order valence-electron chi connectivity index (χ0n) is 11.3. The van der Waals surface area contributed by atoms with Gasteiger partial charge in [-0.15, -0.1) is 12.4 Å². The number of hydrogen-bond donors (Lipinski definition) is 2. The number of aliphatic imine (C=N–C) groups is 1. The molecule has 2 N–H and O–H groups in total. The molecule has 2 rings (SSSR count). The van der Waals surface area contributed by atoms with Gasteiger partial charge in [-0.2, -0.15) is 0 Å². The molecule has 0 aromatic heterocycles. The molecule has 1 aliphatic heterocycles. The van der Waals surface area contributed by atoms with Gasteiger partial charge in [0, 0.05) is 12.1 Å². The second kappa shape index (κ2) is 6.81. The first-order valence-corrected chi connectivity index (χ1v) is 7.82. The van der Waals surface area contributed by atoms with Gasteiger partial charge in [0.05, 0.1) is 18.5 Å². The molecule has 0 atom stereocenters. The van der Waals surface area contributed by atoms with Gasteiger partial charge in [-0.3, -0.25) is 9.71 Å². The molecule has 0 bridgehead atoms. The Labute approximate surface area is 125 Å². The van der Waals surface area contributed by atoms with Crippen LogP contribution in [-0.2, 0) is 10.0 Å². The monoisotopic (exact) mass is 319 g/mol. The Morgan fingerprint density at radius 1 is 1.45 bits per heavy atom. The standard InChI is InChI=1S/C12H17N3O3S.ClH/c1-9-10(15-19(2,16)17)4-3-5-11(9)18-8-12-13-6-7-14-12;/h3-5,15H,6-8H2,1-2H3,(H,13,14);1H. The number of hydrogen-bond acceptors (Lipinski definition) is 5. The maximum Gasteiger partial charge on any atom is 0.229 e. The number of rotatable bonds is 5. The summed E-state index contributed by atoms with van der Waals surface area (Å²) in [4.78, 5) is 4.23. The van der Waals surface area contributed by atoms with E-state index in [2.05, 4.69) is 15.0 Å². The van der Waals surface area contributed by atoms with Gasteiger partial charge in [-0.05, 0) is 19.1 Å². The smallest absolute Gasteiger partial charge is 0.229 e. The molecule has 0 spiro atoms. The van der Waals surface area contributed by atoms with Gasteiger partial charge in [-0.1, -0.05) is 6.07 Å². The summed E-state index contributed by atoms with van der Waals surface area (Å²) in [5.41, 5.74) is 1.29. The summed E-state index contributed by atoms with van der Waals surface area (Å²) in [7, 11) is -3.29. The second-order valence-corrected chi connectivity index (χ2v) is 6.10. The van der Waals surface area contributed by atoms with Crippen molar-refractivity contribution in [2.45, 2.75) is 6.92 Å². The highest BCUT2D eigenvalue weighted by Gasteiger charge is 2.11. The lowest BCUT2D eigenvalue weighted by Crippen LogP contribution is -2.25. The molecule has 0 saturated carbocycles. The van der Waals surface area contributed by atoms with Crippen LogP contribution in [0, 0.1) is 6.92 Å². The molecule has 0 saturated heterocycles. The van der Waals surface area contributed by atoms with E-state index < -0.39 is 10.0 Å². The van der Waals surface area contributed by atoms with Gasteiger partial charge in [0.1, 0.15) is 18.2 Å². The number of amidine groups is 1. The third-order valence-electron chi connectivity index (χ3n) is 2.69. The van der Waals surface area contributed by atoms with E-state index in [1.54, 1.807) is 18.2 Å². The molecule has 20 heavy (non-hydrogen) atoms. The number of nitrogens with one attached hydrogen (secondary N) is 2. The molecule has 1 aromatic carbocycles. The van der Waals surface area contributed by atoms with Gasteiger partial charge in [0.15, 0.2) is 0 Å². The molecule has 1 aliphatic rings. The molecule has 0 fully saturated rings. The van der Waals surface area contributed by atoms with Crippen LogP contribution in [0.3, 0.4) is 0 Å². The molecular weight excluding hydrogens is 302 g/mol. The summed E-state index contributed by atoms with van der Waals surface area (Å²) in [6.07, 6.45) is 1.12. The minimum Gasteiger partial charge on any atom is -0.485 e. The summed E-state index contributed by atoms with van der Waals surface area (Å²) in [6.45, 7) is 3.79. The van der Waals surface area contributed by atoms with Crippen molar-refractivity contribution in [2.24, 2.45) is 4.99 Å². The summed E-state index contributed by atoms with van der Waals surface area (Å²) in [6, 6.07) is 5.26. The van der Waals surface area contributed by atoms with Gasteiger partial charge < -0.3 is 10.1 Å². The lowest BCUT2D eigenvalue weighted by atomic mass is 10.2. The minimum absolute atomic E-state index is 0. The zero-order chi connectivity index (χ0) is 13.9. The Morgan fingerprint density at radius 3 is 2.80 bits per heavy atom. The second-order valence-electron chi connectivity index (χ2n) is 4.35. The van der Waals surface area contributed by atoms with Crippen molar-refractivity contribution in [2.75, 3.05) is 30.7 Å². The number of anilines is 1. The third kappa shape index (κ3) is 4.57. The van der Waals surface area contributed by atoms with Crippen LogP contribution < -0.4 is 14.8 Å². The van der Waals surface area contributed by atoms with Crippen molar-refractivity contribution in [3.63, 3.8) is 0 Å². The largest absolute Gasteiger partial charge is 0.485 e. The molecule has 1 heterocycles.